The third-order valence-corrected chi connectivity index (χ3v) is 2.70. The zero-order chi connectivity index (χ0) is 13.7. The van der Waals surface area contributed by atoms with Gasteiger partial charge in [0.1, 0.15) is 11.6 Å². The Morgan fingerprint density at radius 2 is 1.84 bits per heavy atom. The Balaban J connectivity index is 2.28. The van der Waals surface area contributed by atoms with Crippen LogP contribution in [0.4, 0.5) is 0 Å². The van der Waals surface area contributed by atoms with Gasteiger partial charge in [0.15, 0.2) is 0 Å². The van der Waals surface area contributed by atoms with E-state index in [2.05, 4.69) is 15.3 Å². The van der Waals surface area contributed by atoms with E-state index in [9.17, 15) is 0 Å². The molecule has 1 atom stereocenters. The van der Waals surface area contributed by atoms with Crippen molar-refractivity contribution in [3.8, 4) is 5.75 Å². The van der Waals surface area contributed by atoms with Crippen LogP contribution in [0.15, 0.2) is 42.7 Å². The maximum Gasteiger partial charge on any atom is 0.149 e. The number of aromatic nitrogens is 2. The molecule has 1 heterocycles. The second-order valence-electron chi connectivity index (χ2n) is 4.57. The molecule has 0 saturated carbocycles. The maximum absolute atomic E-state index is 5.72. The Bertz CT molecular complexity index is 514. The number of rotatable bonds is 5. The van der Waals surface area contributed by atoms with Crippen molar-refractivity contribution in [2.75, 3.05) is 7.05 Å². The molecule has 4 nitrogen and oxygen atoms in total. The summed E-state index contributed by atoms with van der Waals surface area (Å²) < 4.78 is 5.72. The van der Waals surface area contributed by atoms with Gasteiger partial charge in [-0.3, -0.25) is 0 Å². The topological polar surface area (TPSA) is 47.0 Å². The Kier molecular flexibility index (Phi) is 4.47. The second-order valence-corrected chi connectivity index (χ2v) is 4.57. The monoisotopic (exact) mass is 257 g/mol. The molecule has 1 aromatic heterocycles. The molecule has 0 spiro atoms. The molecule has 0 aliphatic carbocycles. The number of benzene rings is 1. The van der Waals surface area contributed by atoms with Gasteiger partial charge in [-0.05, 0) is 44.7 Å². The summed E-state index contributed by atoms with van der Waals surface area (Å²) >= 11 is 0. The summed E-state index contributed by atoms with van der Waals surface area (Å²) in [7, 11) is 1.90. The molecular weight excluding hydrogens is 238 g/mol. The first kappa shape index (κ1) is 13.5. The minimum atomic E-state index is -0.0306. The summed E-state index contributed by atoms with van der Waals surface area (Å²) in [6.07, 6.45) is 3.67. The molecule has 2 rings (SSSR count). The van der Waals surface area contributed by atoms with E-state index in [4.69, 9.17) is 4.74 Å². The Hall–Kier alpha value is -1.94. The van der Waals surface area contributed by atoms with Crippen molar-refractivity contribution in [3.05, 3.63) is 54.1 Å². The summed E-state index contributed by atoms with van der Waals surface area (Å²) in [4.78, 5) is 8.60. The van der Waals surface area contributed by atoms with Crippen molar-refractivity contribution in [3.63, 3.8) is 0 Å². The van der Waals surface area contributed by atoms with E-state index in [1.807, 2.05) is 51.2 Å². The molecule has 0 amide bonds. The highest BCUT2D eigenvalue weighted by Crippen LogP contribution is 2.23. The molecule has 0 radical (unpaired) electrons. The van der Waals surface area contributed by atoms with E-state index in [0.717, 1.165) is 17.1 Å². The fraction of sp³-hybridized carbons (Fsp3) is 0.333. The Morgan fingerprint density at radius 1 is 1.11 bits per heavy atom. The lowest BCUT2D eigenvalue weighted by Crippen LogP contribution is -2.20. The van der Waals surface area contributed by atoms with Gasteiger partial charge in [-0.25, -0.2) is 9.97 Å². The van der Waals surface area contributed by atoms with E-state index < -0.39 is 0 Å². The molecule has 0 aliphatic rings. The fourth-order valence-electron chi connectivity index (χ4n) is 1.94. The molecule has 0 fully saturated rings. The minimum absolute atomic E-state index is 0.0306. The summed E-state index contributed by atoms with van der Waals surface area (Å²) in [5.74, 6) is 1.62. The van der Waals surface area contributed by atoms with Crippen molar-refractivity contribution in [2.45, 2.75) is 26.0 Å². The van der Waals surface area contributed by atoms with Crippen molar-refractivity contribution in [2.24, 2.45) is 0 Å². The summed E-state index contributed by atoms with van der Waals surface area (Å²) in [6.45, 7) is 4.03. The second kappa shape index (κ2) is 6.29. The molecule has 1 aromatic carbocycles. The van der Waals surface area contributed by atoms with E-state index in [1.54, 1.807) is 12.4 Å². The van der Waals surface area contributed by atoms with Crippen molar-refractivity contribution in [1.82, 2.24) is 15.3 Å². The molecular formula is C15H19N3O. The molecule has 2 aromatic rings. The number of ether oxygens (including phenoxy) is 1. The van der Waals surface area contributed by atoms with Crippen LogP contribution >= 0.6 is 0 Å². The van der Waals surface area contributed by atoms with Crippen LogP contribution in [0.3, 0.4) is 0 Å². The van der Waals surface area contributed by atoms with Crippen LogP contribution in [0.5, 0.6) is 5.75 Å². The first-order chi connectivity index (χ1) is 9.20. The number of nitrogens with one attached hydrogen (secondary N) is 1. The predicted octanol–water partition coefficient (Wildman–Crippen LogP) is 2.57. The number of hydrogen-bond acceptors (Lipinski definition) is 4. The molecule has 1 N–H and O–H groups in total. The van der Waals surface area contributed by atoms with Crippen LogP contribution in [0, 0.1) is 0 Å². The van der Waals surface area contributed by atoms with Crippen molar-refractivity contribution >= 4 is 0 Å². The third-order valence-electron chi connectivity index (χ3n) is 2.70. The van der Waals surface area contributed by atoms with Crippen LogP contribution in [0.2, 0.25) is 0 Å². The van der Waals surface area contributed by atoms with E-state index in [1.165, 1.54) is 0 Å². The molecule has 1 unspecified atom stereocenters. The highest BCUT2D eigenvalue weighted by molar-refractivity contribution is 5.33. The van der Waals surface area contributed by atoms with Crippen LogP contribution in [-0.4, -0.2) is 23.1 Å². The average Bonchev–Trinajstić information content (AvgIpc) is 2.40. The van der Waals surface area contributed by atoms with Gasteiger partial charge < -0.3 is 10.1 Å². The van der Waals surface area contributed by atoms with E-state index in [0.29, 0.717) is 0 Å². The normalized spacial score (nSPS) is 12.4. The minimum Gasteiger partial charge on any atom is -0.491 e. The van der Waals surface area contributed by atoms with Crippen LogP contribution in [0.25, 0.3) is 0 Å². The summed E-state index contributed by atoms with van der Waals surface area (Å²) in [5.41, 5.74) is 1.09. The Morgan fingerprint density at radius 3 is 2.47 bits per heavy atom. The largest absolute Gasteiger partial charge is 0.491 e. The smallest absolute Gasteiger partial charge is 0.149 e. The number of hydrogen-bond donors (Lipinski definition) is 1. The van der Waals surface area contributed by atoms with Gasteiger partial charge in [0, 0.05) is 12.4 Å². The van der Waals surface area contributed by atoms with Crippen molar-refractivity contribution in [1.29, 1.82) is 0 Å². The van der Waals surface area contributed by atoms with Crippen molar-refractivity contribution < 1.29 is 4.74 Å². The SMILES string of the molecule is CNC(c1cccc(OC(C)C)c1)c1ncccn1. The third kappa shape index (κ3) is 3.51. The number of nitrogens with zero attached hydrogens (tertiary/aromatic N) is 2. The first-order valence-electron chi connectivity index (χ1n) is 6.41. The molecule has 19 heavy (non-hydrogen) atoms. The maximum atomic E-state index is 5.72. The van der Waals surface area contributed by atoms with E-state index in [-0.39, 0.29) is 12.1 Å². The lowest BCUT2D eigenvalue weighted by Gasteiger charge is -2.17. The molecule has 4 heteroatoms. The average molecular weight is 257 g/mol. The molecule has 0 bridgehead atoms. The quantitative estimate of drug-likeness (QED) is 0.894. The molecule has 100 valence electrons. The summed E-state index contributed by atoms with van der Waals surface area (Å²) in [5, 5.41) is 3.23. The van der Waals surface area contributed by atoms with Gasteiger partial charge >= 0.3 is 0 Å². The standard InChI is InChI=1S/C15H19N3O/c1-11(2)19-13-7-4-6-12(10-13)14(16-3)15-17-8-5-9-18-15/h4-11,14,16H,1-3H3. The predicted molar refractivity (Wildman–Crippen MR) is 75.1 cm³/mol. The fourth-order valence-corrected chi connectivity index (χ4v) is 1.94. The molecule has 0 aliphatic heterocycles. The van der Waals surface area contributed by atoms with Gasteiger partial charge in [-0.15, -0.1) is 0 Å². The zero-order valence-electron chi connectivity index (χ0n) is 11.5. The van der Waals surface area contributed by atoms with E-state index >= 15 is 0 Å². The highest BCUT2D eigenvalue weighted by Gasteiger charge is 2.15. The van der Waals surface area contributed by atoms with Gasteiger partial charge in [-0.1, -0.05) is 12.1 Å². The highest BCUT2D eigenvalue weighted by atomic mass is 16.5. The van der Waals surface area contributed by atoms with Gasteiger partial charge in [-0.2, -0.15) is 0 Å². The first-order valence-corrected chi connectivity index (χ1v) is 6.41. The molecule has 0 saturated heterocycles. The van der Waals surface area contributed by atoms with Crippen LogP contribution in [0.1, 0.15) is 31.3 Å². The van der Waals surface area contributed by atoms with Gasteiger partial charge in [0.2, 0.25) is 0 Å². The van der Waals surface area contributed by atoms with Crippen LogP contribution < -0.4 is 10.1 Å². The zero-order valence-corrected chi connectivity index (χ0v) is 11.5. The Labute approximate surface area is 113 Å². The lowest BCUT2D eigenvalue weighted by atomic mass is 10.1. The van der Waals surface area contributed by atoms with Gasteiger partial charge in [0.25, 0.3) is 0 Å². The lowest BCUT2D eigenvalue weighted by molar-refractivity contribution is 0.242. The van der Waals surface area contributed by atoms with Crippen LogP contribution in [-0.2, 0) is 0 Å². The van der Waals surface area contributed by atoms with Gasteiger partial charge in [0.05, 0.1) is 12.1 Å². The summed E-state index contributed by atoms with van der Waals surface area (Å²) in [6, 6.07) is 9.80.